The van der Waals surface area contributed by atoms with Crippen molar-refractivity contribution in [1.29, 1.82) is 0 Å². The Hall–Kier alpha value is -4.51. The van der Waals surface area contributed by atoms with E-state index in [1.54, 1.807) is 37.4 Å². The number of aromatic carboxylic acids is 1. The topological polar surface area (TPSA) is 137 Å². The second-order valence-corrected chi connectivity index (χ2v) is 8.97. The summed E-state index contributed by atoms with van der Waals surface area (Å²) in [5.74, 6) is -1.51. The maximum Gasteiger partial charge on any atom is 0.335 e. The molecule has 0 aliphatic heterocycles. The summed E-state index contributed by atoms with van der Waals surface area (Å²) in [6, 6.07) is 20.7. The van der Waals surface area contributed by atoms with Gasteiger partial charge in [0.25, 0.3) is 5.91 Å². The van der Waals surface area contributed by atoms with Gasteiger partial charge < -0.3 is 24.8 Å². The van der Waals surface area contributed by atoms with Gasteiger partial charge in [0.05, 0.1) is 41.3 Å². The summed E-state index contributed by atoms with van der Waals surface area (Å²) in [5, 5.41) is 30.1. The first-order valence-corrected chi connectivity index (χ1v) is 12.3. The SMILES string of the molecule is CN(CCO)CCONC(=O)c1ccc(N=C(c2ccccc2)c2c(O)n(C)c3cc(C(=O)O)ccc23)cc1. The van der Waals surface area contributed by atoms with E-state index in [2.05, 4.69) is 5.48 Å². The summed E-state index contributed by atoms with van der Waals surface area (Å²) in [6.45, 7) is 1.39. The van der Waals surface area contributed by atoms with Crippen LogP contribution < -0.4 is 5.48 Å². The smallest absolute Gasteiger partial charge is 0.335 e. The molecule has 1 amide bonds. The van der Waals surface area contributed by atoms with E-state index >= 15 is 0 Å². The second-order valence-electron chi connectivity index (χ2n) is 8.97. The molecule has 4 aromatic rings. The lowest BCUT2D eigenvalue weighted by molar-refractivity contribution is 0.0234. The van der Waals surface area contributed by atoms with Gasteiger partial charge in [-0.2, -0.15) is 0 Å². The zero-order valence-corrected chi connectivity index (χ0v) is 21.7. The molecule has 3 aromatic carbocycles. The average molecular weight is 531 g/mol. The molecule has 0 atom stereocenters. The van der Waals surface area contributed by atoms with Crippen LogP contribution in [0, 0.1) is 0 Å². The van der Waals surface area contributed by atoms with Crippen molar-refractivity contribution in [3.8, 4) is 5.88 Å². The number of hydroxylamine groups is 1. The van der Waals surface area contributed by atoms with Gasteiger partial charge in [0.1, 0.15) is 0 Å². The minimum Gasteiger partial charge on any atom is -0.494 e. The fourth-order valence-corrected chi connectivity index (χ4v) is 4.13. The lowest BCUT2D eigenvalue weighted by Gasteiger charge is -2.14. The van der Waals surface area contributed by atoms with E-state index in [0.717, 1.165) is 5.56 Å². The number of benzene rings is 3. The number of carboxylic acid groups (broad SMARTS) is 1. The Morgan fingerprint density at radius 3 is 2.33 bits per heavy atom. The Morgan fingerprint density at radius 2 is 1.67 bits per heavy atom. The monoisotopic (exact) mass is 530 g/mol. The third kappa shape index (κ3) is 6.32. The van der Waals surface area contributed by atoms with Crippen molar-refractivity contribution in [3.05, 3.63) is 95.1 Å². The highest BCUT2D eigenvalue weighted by Crippen LogP contribution is 2.34. The molecule has 4 N–H and O–H groups in total. The van der Waals surface area contributed by atoms with Crippen LogP contribution in [0.5, 0.6) is 5.88 Å². The molecule has 202 valence electrons. The third-order valence-corrected chi connectivity index (χ3v) is 6.29. The van der Waals surface area contributed by atoms with Crippen LogP contribution in [0.15, 0.2) is 77.8 Å². The van der Waals surface area contributed by atoms with Gasteiger partial charge in [-0.15, -0.1) is 0 Å². The lowest BCUT2D eigenvalue weighted by atomic mass is 10.00. The van der Waals surface area contributed by atoms with E-state index in [4.69, 9.17) is 14.9 Å². The van der Waals surface area contributed by atoms with Crippen LogP contribution in [0.1, 0.15) is 31.8 Å². The molecule has 0 saturated heterocycles. The van der Waals surface area contributed by atoms with Gasteiger partial charge in [-0.05, 0) is 43.4 Å². The largest absolute Gasteiger partial charge is 0.494 e. The molecule has 0 radical (unpaired) electrons. The van der Waals surface area contributed by atoms with Crippen molar-refractivity contribution in [3.63, 3.8) is 0 Å². The van der Waals surface area contributed by atoms with E-state index < -0.39 is 11.9 Å². The van der Waals surface area contributed by atoms with Crippen molar-refractivity contribution >= 4 is 34.2 Å². The molecule has 0 unspecified atom stereocenters. The highest BCUT2D eigenvalue weighted by atomic mass is 16.7. The summed E-state index contributed by atoms with van der Waals surface area (Å²) in [4.78, 5) is 35.9. The van der Waals surface area contributed by atoms with Crippen molar-refractivity contribution in [2.45, 2.75) is 0 Å². The number of carbonyl (C=O) groups excluding carboxylic acids is 1. The summed E-state index contributed by atoms with van der Waals surface area (Å²) in [5.41, 5.74) is 5.73. The van der Waals surface area contributed by atoms with Crippen LogP contribution in [0.4, 0.5) is 5.69 Å². The molecule has 4 rings (SSSR count). The summed E-state index contributed by atoms with van der Waals surface area (Å²) in [6.07, 6.45) is 0. The minimum atomic E-state index is -1.06. The molecular weight excluding hydrogens is 500 g/mol. The molecule has 0 bridgehead atoms. The highest BCUT2D eigenvalue weighted by molar-refractivity contribution is 6.22. The predicted octanol–water partition coefficient (Wildman–Crippen LogP) is 3.34. The summed E-state index contributed by atoms with van der Waals surface area (Å²) < 4.78 is 1.53. The van der Waals surface area contributed by atoms with Gasteiger partial charge in [0, 0.05) is 36.7 Å². The van der Waals surface area contributed by atoms with Gasteiger partial charge in [-0.1, -0.05) is 36.4 Å². The number of aromatic nitrogens is 1. The van der Waals surface area contributed by atoms with Crippen LogP contribution in [-0.4, -0.2) is 75.7 Å². The maximum absolute atomic E-state index is 12.5. The fourth-order valence-electron chi connectivity index (χ4n) is 4.13. The normalized spacial score (nSPS) is 11.7. The Kier molecular flexibility index (Phi) is 8.72. The molecule has 1 aromatic heterocycles. The van der Waals surface area contributed by atoms with Crippen molar-refractivity contribution < 1.29 is 29.7 Å². The number of hydrogen-bond donors (Lipinski definition) is 4. The first kappa shape index (κ1) is 27.5. The average Bonchev–Trinajstić information content (AvgIpc) is 3.19. The molecule has 0 aliphatic rings. The van der Waals surface area contributed by atoms with Crippen LogP contribution in [0.3, 0.4) is 0 Å². The van der Waals surface area contributed by atoms with Crippen LogP contribution in [0.25, 0.3) is 10.9 Å². The molecule has 1 heterocycles. The molecule has 0 aliphatic carbocycles. The van der Waals surface area contributed by atoms with E-state index in [0.29, 0.717) is 46.5 Å². The van der Waals surface area contributed by atoms with Gasteiger partial charge in [0.2, 0.25) is 5.88 Å². The molecular formula is C29H30N4O6. The number of amides is 1. The Labute approximate surface area is 225 Å². The van der Waals surface area contributed by atoms with Gasteiger partial charge in [-0.25, -0.2) is 15.3 Å². The highest BCUT2D eigenvalue weighted by Gasteiger charge is 2.22. The van der Waals surface area contributed by atoms with Crippen LogP contribution >= 0.6 is 0 Å². The molecule has 0 spiro atoms. The molecule has 0 fully saturated rings. The number of likely N-dealkylation sites (N-methyl/N-ethyl adjacent to an activating group) is 1. The third-order valence-electron chi connectivity index (χ3n) is 6.29. The number of rotatable bonds is 11. The lowest BCUT2D eigenvalue weighted by Crippen LogP contribution is -2.31. The number of nitrogens with zero attached hydrogens (tertiary/aromatic N) is 3. The first-order chi connectivity index (χ1) is 18.8. The number of fused-ring (bicyclic) bond motifs is 1. The van der Waals surface area contributed by atoms with Crippen molar-refractivity contribution in [2.24, 2.45) is 12.0 Å². The number of aliphatic imine (C=N–C) groups is 1. The Balaban J connectivity index is 1.63. The van der Waals surface area contributed by atoms with E-state index in [1.165, 1.54) is 16.7 Å². The predicted molar refractivity (Wildman–Crippen MR) is 148 cm³/mol. The first-order valence-electron chi connectivity index (χ1n) is 12.3. The number of carbonyl (C=O) groups is 2. The second kappa shape index (κ2) is 12.4. The number of hydrogen-bond acceptors (Lipinski definition) is 7. The number of nitrogens with one attached hydrogen (secondary N) is 1. The standard InChI is InChI=1S/C29H30N4O6/c1-32(14-16-34)15-17-39-31-27(35)20-8-11-22(12-9-20)30-26(19-6-4-3-5-7-19)25-23-13-10-21(29(37)38)18-24(23)33(2)28(25)36/h3-13,18,34,36H,14-17H2,1-2H3,(H,31,35)(H,37,38). The minimum absolute atomic E-state index is 0.0482. The number of aliphatic hydroxyl groups is 1. The number of carboxylic acids is 1. The zero-order valence-electron chi connectivity index (χ0n) is 21.7. The maximum atomic E-state index is 12.5. The number of aryl methyl sites for hydroxylation is 1. The fraction of sp³-hybridized carbons (Fsp3) is 0.207. The Bertz CT molecular complexity index is 1500. The van der Waals surface area contributed by atoms with Crippen LogP contribution in [-0.2, 0) is 11.9 Å². The molecule has 0 saturated carbocycles. The zero-order chi connectivity index (χ0) is 27.9. The van der Waals surface area contributed by atoms with Gasteiger partial charge >= 0.3 is 5.97 Å². The van der Waals surface area contributed by atoms with Gasteiger partial charge in [0.15, 0.2) is 0 Å². The van der Waals surface area contributed by atoms with Gasteiger partial charge in [-0.3, -0.25) is 9.63 Å². The number of aromatic hydroxyl groups is 1. The molecule has 10 nitrogen and oxygen atoms in total. The Morgan fingerprint density at radius 1 is 0.974 bits per heavy atom. The van der Waals surface area contributed by atoms with Crippen LogP contribution in [0.2, 0.25) is 0 Å². The quantitative estimate of drug-likeness (QED) is 0.133. The van der Waals surface area contributed by atoms with E-state index in [9.17, 15) is 19.8 Å². The van der Waals surface area contributed by atoms with E-state index in [1.807, 2.05) is 42.3 Å². The summed E-state index contributed by atoms with van der Waals surface area (Å²) >= 11 is 0. The van der Waals surface area contributed by atoms with Crippen molar-refractivity contribution in [2.75, 3.05) is 33.4 Å². The summed E-state index contributed by atoms with van der Waals surface area (Å²) in [7, 11) is 3.51. The van der Waals surface area contributed by atoms with E-state index in [-0.39, 0.29) is 24.7 Å². The number of aliphatic hydroxyl groups excluding tert-OH is 1. The molecule has 10 heteroatoms. The van der Waals surface area contributed by atoms with Crippen molar-refractivity contribution in [1.82, 2.24) is 14.9 Å². The molecule has 39 heavy (non-hydrogen) atoms.